The topological polar surface area (TPSA) is 96.2 Å². The summed E-state index contributed by atoms with van der Waals surface area (Å²) in [5.41, 5.74) is 5.01. The molecule has 1 atom stereocenters. The molecule has 0 unspecified atom stereocenters. The van der Waals surface area contributed by atoms with Crippen molar-refractivity contribution >= 4 is 45.6 Å². The molecule has 5 rings (SSSR count). The third kappa shape index (κ3) is 6.02. The molecule has 0 radical (unpaired) electrons. The van der Waals surface area contributed by atoms with Crippen LogP contribution in [0.2, 0.25) is 0 Å². The fraction of sp³-hybridized carbons (Fsp3) is 0.233. The first-order valence-corrected chi connectivity index (χ1v) is 14.0. The molecule has 9 nitrogen and oxygen atoms in total. The smallest absolute Gasteiger partial charge is 0.247 e. The Hall–Kier alpha value is -4.57. The van der Waals surface area contributed by atoms with E-state index in [9.17, 15) is 9.59 Å². The Morgan fingerprint density at radius 3 is 2.42 bits per heavy atom. The van der Waals surface area contributed by atoms with Gasteiger partial charge in [-0.25, -0.2) is 9.67 Å². The molecule has 0 spiro atoms. The zero-order valence-electron chi connectivity index (χ0n) is 22.7. The molecule has 2 amide bonds. The molecule has 0 aliphatic rings. The Morgan fingerprint density at radius 2 is 1.70 bits per heavy atom. The van der Waals surface area contributed by atoms with Gasteiger partial charge < -0.3 is 15.1 Å². The Morgan fingerprint density at radius 1 is 0.975 bits per heavy atom. The van der Waals surface area contributed by atoms with Gasteiger partial charge in [0.1, 0.15) is 23.1 Å². The van der Waals surface area contributed by atoms with Crippen LogP contribution >= 0.6 is 11.3 Å². The van der Waals surface area contributed by atoms with E-state index in [-0.39, 0.29) is 24.9 Å². The summed E-state index contributed by atoms with van der Waals surface area (Å²) in [5.74, 6) is -0.492. The lowest BCUT2D eigenvalue weighted by Gasteiger charge is -2.30. The van der Waals surface area contributed by atoms with E-state index < -0.39 is 6.04 Å². The number of carbonyl (C=O) groups is 2. The highest BCUT2D eigenvalue weighted by Gasteiger charge is 2.30. The number of nitrogens with zero attached hydrogens (tertiary/aromatic N) is 6. The van der Waals surface area contributed by atoms with Crippen molar-refractivity contribution in [2.75, 3.05) is 24.3 Å². The Labute approximate surface area is 237 Å². The van der Waals surface area contributed by atoms with E-state index in [1.807, 2.05) is 110 Å². The van der Waals surface area contributed by atoms with Gasteiger partial charge in [-0.1, -0.05) is 54.6 Å². The van der Waals surface area contributed by atoms with Gasteiger partial charge in [-0.3, -0.25) is 9.59 Å². The molecule has 0 saturated carbocycles. The molecule has 3 aromatic carbocycles. The third-order valence-corrected chi connectivity index (χ3v) is 7.50. The maximum Gasteiger partial charge on any atom is 0.247 e. The van der Waals surface area contributed by atoms with Gasteiger partial charge >= 0.3 is 0 Å². The number of amides is 2. The van der Waals surface area contributed by atoms with E-state index in [4.69, 9.17) is 4.98 Å². The summed E-state index contributed by atoms with van der Waals surface area (Å²) < 4.78 is 1.58. The first-order chi connectivity index (χ1) is 19.4. The largest absolute Gasteiger partial charge is 0.378 e. The summed E-state index contributed by atoms with van der Waals surface area (Å²) in [6.07, 6.45) is 0.433. The summed E-state index contributed by atoms with van der Waals surface area (Å²) in [5, 5.41) is 14.1. The summed E-state index contributed by atoms with van der Waals surface area (Å²) in [4.78, 5) is 35.8. The van der Waals surface area contributed by atoms with Crippen LogP contribution in [0.25, 0.3) is 22.3 Å². The number of carbonyl (C=O) groups excluding carboxylic acids is 2. The monoisotopic (exact) mass is 553 g/mol. The van der Waals surface area contributed by atoms with Gasteiger partial charge in [0, 0.05) is 36.4 Å². The van der Waals surface area contributed by atoms with Gasteiger partial charge in [-0.15, -0.1) is 16.4 Å². The SMILES string of the molecule is CC[C@@H](C(=O)Nc1ccc(N(C)C)cc1)N(Cc1nc(-c2ccccc2)cs1)C(=O)Cn1nnc2ccccc21. The minimum absolute atomic E-state index is 0.0429. The maximum absolute atomic E-state index is 13.8. The molecule has 0 aliphatic heterocycles. The first-order valence-electron chi connectivity index (χ1n) is 13.1. The molecule has 1 N–H and O–H groups in total. The second kappa shape index (κ2) is 12.1. The molecule has 0 aliphatic carbocycles. The molecule has 0 bridgehead atoms. The quantitative estimate of drug-likeness (QED) is 0.260. The van der Waals surface area contributed by atoms with Crippen molar-refractivity contribution in [3.8, 4) is 11.3 Å². The summed E-state index contributed by atoms with van der Waals surface area (Å²) in [7, 11) is 3.93. The van der Waals surface area contributed by atoms with Gasteiger partial charge in [0.2, 0.25) is 11.8 Å². The van der Waals surface area contributed by atoms with Crippen molar-refractivity contribution in [3.05, 3.63) is 89.3 Å². The minimum Gasteiger partial charge on any atom is -0.378 e. The van der Waals surface area contributed by atoms with E-state index in [0.717, 1.165) is 27.5 Å². The highest BCUT2D eigenvalue weighted by atomic mass is 32.1. The maximum atomic E-state index is 13.8. The van der Waals surface area contributed by atoms with Crippen LogP contribution in [0.15, 0.2) is 84.2 Å². The van der Waals surface area contributed by atoms with Crippen molar-refractivity contribution in [1.29, 1.82) is 0 Å². The lowest BCUT2D eigenvalue weighted by atomic mass is 10.1. The van der Waals surface area contributed by atoms with Crippen molar-refractivity contribution in [3.63, 3.8) is 0 Å². The number of thiazole rings is 1. The highest BCUT2D eigenvalue weighted by molar-refractivity contribution is 7.09. The van der Waals surface area contributed by atoms with Gasteiger partial charge in [0.05, 0.1) is 17.8 Å². The summed E-state index contributed by atoms with van der Waals surface area (Å²) >= 11 is 1.47. The average Bonchev–Trinajstić information content (AvgIpc) is 3.61. The number of hydrogen-bond acceptors (Lipinski definition) is 7. The number of rotatable bonds is 10. The van der Waals surface area contributed by atoms with Gasteiger partial charge in [0.15, 0.2) is 0 Å². The fourth-order valence-electron chi connectivity index (χ4n) is 4.51. The number of para-hydroxylation sites is 1. The molecular weight excluding hydrogens is 522 g/mol. The van der Waals surface area contributed by atoms with E-state index in [2.05, 4.69) is 15.6 Å². The van der Waals surface area contributed by atoms with Crippen molar-refractivity contribution in [1.82, 2.24) is 24.9 Å². The van der Waals surface area contributed by atoms with Gasteiger partial charge in [0.25, 0.3) is 0 Å². The number of benzene rings is 3. The number of fused-ring (bicyclic) bond motifs is 1. The average molecular weight is 554 g/mol. The van der Waals surface area contributed by atoms with Crippen molar-refractivity contribution in [2.24, 2.45) is 0 Å². The molecule has 40 heavy (non-hydrogen) atoms. The minimum atomic E-state index is -0.708. The Bertz CT molecular complexity index is 1600. The van der Waals surface area contributed by atoms with E-state index in [1.165, 1.54) is 11.3 Å². The molecule has 2 heterocycles. The second-order valence-corrected chi connectivity index (χ2v) is 10.5. The van der Waals surface area contributed by atoms with Crippen molar-refractivity contribution in [2.45, 2.75) is 32.5 Å². The number of hydrogen-bond donors (Lipinski definition) is 1. The van der Waals surface area contributed by atoms with Crippen molar-refractivity contribution < 1.29 is 9.59 Å². The standard InChI is InChI=1S/C30H31N7O2S/c1-4-26(30(39)31-22-14-16-23(17-15-22)35(2)3)36(18-28-32-25(20-40-28)21-10-6-5-7-11-21)29(38)19-37-27-13-9-8-12-24(27)33-34-37/h5-17,20,26H,4,18-19H2,1-3H3,(H,31,39)/t26-/m0/s1. The van der Waals surface area contributed by atoms with Crippen LogP contribution < -0.4 is 10.2 Å². The number of aromatic nitrogens is 4. The highest BCUT2D eigenvalue weighted by Crippen LogP contribution is 2.24. The third-order valence-electron chi connectivity index (χ3n) is 6.67. The first kappa shape index (κ1) is 27.0. The van der Waals surface area contributed by atoms with Gasteiger partial charge in [-0.2, -0.15) is 0 Å². The van der Waals surface area contributed by atoms with Crippen LogP contribution in [0.5, 0.6) is 0 Å². The van der Waals surface area contributed by atoms with E-state index in [0.29, 0.717) is 17.6 Å². The Kier molecular flexibility index (Phi) is 8.16. The zero-order valence-corrected chi connectivity index (χ0v) is 23.5. The van der Waals surface area contributed by atoms with Crippen LogP contribution in [0.1, 0.15) is 18.4 Å². The summed E-state index contributed by atoms with van der Waals surface area (Å²) in [6, 6.07) is 24.3. The predicted molar refractivity (Wildman–Crippen MR) is 159 cm³/mol. The van der Waals surface area contributed by atoms with Crippen LogP contribution in [0, 0.1) is 0 Å². The van der Waals surface area contributed by atoms with Crippen LogP contribution in [0.3, 0.4) is 0 Å². The lowest BCUT2D eigenvalue weighted by molar-refractivity contribution is -0.140. The van der Waals surface area contributed by atoms with Crippen LogP contribution in [0.4, 0.5) is 11.4 Å². The zero-order chi connectivity index (χ0) is 28.1. The molecular formula is C30H31N7O2S. The molecule has 2 aromatic heterocycles. The lowest BCUT2D eigenvalue weighted by Crippen LogP contribution is -2.47. The van der Waals surface area contributed by atoms with E-state index in [1.54, 1.807) is 9.58 Å². The number of anilines is 2. The Balaban J connectivity index is 1.41. The normalized spacial score (nSPS) is 11.8. The fourth-order valence-corrected chi connectivity index (χ4v) is 5.31. The predicted octanol–water partition coefficient (Wildman–Crippen LogP) is 5.07. The second-order valence-electron chi connectivity index (χ2n) is 9.60. The van der Waals surface area contributed by atoms with Crippen LogP contribution in [-0.4, -0.2) is 56.8 Å². The van der Waals surface area contributed by atoms with Crippen LogP contribution in [-0.2, 0) is 22.7 Å². The number of nitrogens with one attached hydrogen (secondary N) is 1. The summed E-state index contributed by atoms with van der Waals surface area (Å²) in [6.45, 7) is 2.06. The van der Waals surface area contributed by atoms with Gasteiger partial charge in [-0.05, 0) is 42.8 Å². The molecule has 5 aromatic rings. The van der Waals surface area contributed by atoms with E-state index >= 15 is 0 Å². The molecule has 0 saturated heterocycles. The molecule has 0 fully saturated rings. The molecule has 10 heteroatoms. The molecule has 204 valence electrons.